The van der Waals surface area contributed by atoms with Crippen LogP contribution in [0, 0.1) is 25.2 Å². The first-order valence-corrected chi connectivity index (χ1v) is 7.72. The van der Waals surface area contributed by atoms with Gasteiger partial charge in [-0.25, -0.2) is 4.98 Å². The van der Waals surface area contributed by atoms with Crippen LogP contribution in [0.1, 0.15) is 44.6 Å². The van der Waals surface area contributed by atoms with Crippen LogP contribution in [0.5, 0.6) is 0 Å². The predicted molar refractivity (Wildman–Crippen MR) is 78.2 cm³/mol. The number of rotatable bonds is 8. The van der Waals surface area contributed by atoms with E-state index in [4.69, 9.17) is 4.42 Å². The maximum atomic E-state index is 9.22. The van der Waals surface area contributed by atoms with Crippen LogP contribution >= 0.6 is 11.8 Å². The SMILES string of the molecule is CCCNC(C)(C#N)CCCSc1nc(C)c(C)o1. The molecule has 106 valence electrons. The number of hydrogen-bond acceptors (Lipinski definition) is 5. The fraction of sp³-hybridized carbons (Fsp3) is 0.714. The van der Waals surface area contributed by atoms with Gasteiger partial charge < -0.3 is 4.42 Å². The van der Waals surface area contributed by atoms with Gasteiger partial charge in [0, 0.05) is 5.75 Å². The third-order valence-corrected chi connectivity index (χ3v) is 3.98. The van der Waals surface area contributed by atoms with Gasteiger partial charge in [0.25, 0.3) is 5.22 Å². The molecule has 1 rings (SSSR count). The van der Waals surface area contributed by atoms with Gasteiger partial charge in [-0.1, -0.05) is 18.7 Å². The van der Waals surface area contributed by atoms with E-state index in [0.29, 0.717) is 0 Å². The fourth-order valence-corrected chi connectivity index (χ4v) is 2.52. The average molecular weight is 281 g/mol. The van der Waals surface area contributed by atoms with Gasteiger partial charge in [-0.2, -0.15) is 5.26 Å². The summed E-state index contributed by atoms with van der Waals surface area (Å²) in [5.74, 6) is 1.80. The molecule has 0 aliphatic carbocycles. The molecule has 0 fully saturated rings. The van der Waals surface area contributed by atoms with E-state index < -0.39 is 5.54 Å². The molecule has 1 aromatic rings. The van der Waals surface area contributed by atoms with Gasteiger partial charge in [0.15, 0.2) is 0 Å². The van der Waals surface area contributed by atoms with Crippen LogP contribution in [0.3, 0.4) is 0 Å². The van der Waals surface area contributed by atoms with Crippen molar-refractivity contribution in [3.05, 3.63) is 11.5 Å². The lowest BCUT2D eigenvalue weighted by molar-refractivity contribution is 0.413. The summed E-state index contributed by atoms with van der Waals surface area (Å²) in [5, 5.41) is 13.2. The molecule has 19 heavy (non-hydrogen) atoms. The predicted octanol–water partition coefficient (Wildman–Crippen LogP) is 3.45. The second-order valence-corrected chi connectivity index (χ2v) is 5.99. The topological polar surface area (TPSA) is 61.9 Å². The minimum atomic E-state index is -0.418. The summed E-state index contributed by atoms with van der Waals surface area (Å²) >= 11 is 1.62. The van der Waals surface area contributed by atoms with Crippen molar-refractivity contribution in [1.82, 2.24) is 10.3 Å². The average Bonchev–Trinajstić information content (AvgIpc) is 2.72. The van der Waals surface area contributed by atoms with Crippen molar-refractivity contribution in [2.24, 2.45) is 0 Å². The highest BCUT2D eigenvalue weighted by Crippen LogP contribution is 2.22. The van der Waals surface area contributed by atoms with Gasteiger partial charge >= 0.3 is 0 Å². The van der Waals surface area contributed by atoms with Crippen molar-refractivity contribution in [2.75, 3.05) is 12.3 Å². The number of nitrogens with one attached hydrogen (secondary N) is 1. The Kier molecular flexibility index (Phi) is 6.40. The van der Waals surface area contributed by atoms with Crippen molar-refractivity contribution < 1.29 is 4.42 Å². The maximum Gasteiger partial charge on any atom is 0.256 e. The Morgan fingerprint density at radius 3 is 2.74 bits per heavy atom. The summed E-state index contributed by atoms with van der Waals surface area (Å²) in [5.41, 5.74) is 0.535. The second-order valence-electron chi connectivity index (χ2n) is 4.94. The molecule has 0 amide bonds. The molecule has 5 heteroatoms. The summed E-state index contributed by atoms with van der Waals surface area (Å²) < 4.78 is 5.51. The summed E-state index contributed by atoms with van der Waals surface area (Å²) in [7, 11) is 0. The standard InChI is InChI=1S/C14H23N3OS/c1-5-8-16-14(4,10-15)7-6-9-19-13-17-11(2)12(3)18-13/h16H,5-9H2,1-4H3. The number of hydrogen-bond donors (Lipinski definition) is 1. The number of nitrogens with zero attached hydrogens (tertiary/aromatic N) is 2. The fourth-order valence-electron chi connectivity index (χ4n) is 1.67. The molecule has 4 nitrogen and oxygen atoms in total. The van der Waals surface area contributed by atoms with Crippen LogP contribution in [0.25, 0.3) is 0 Å². The zero-order valence-corrected chi connectivity index (χ0v) is 13.1. The van der Waals surface area contributed by atoms with Crippen molar-refractivity contribution in [3.8, 4) is 6.07 Å². The van der Waals surface area contributed by atoms with Crippen molar-refractivity contribution in [3.63, 3.8) is 0 Å². The molecule has 1 unspecified atom stereocenters. The molecule has 0 radical (unpaired) electrons. The highest BCUT2D eigenvalue weighted by molar-refractivity contribution is 7.99. The second kappa shape index (κ2) is 7.56. The molecule has 1 heterocycles. The summed E-state index contributed by atoms with van der Waals surface area (Å²) in [6, 6.07) is 2.37. The quantitative estimate of drug-likeness (QED) is 0.584. The van der Waals surface area contributed by atoms with Crippen LogP contribution in [0.4, 0.5) is 0 Å². The van der Waals surface area contributed by atoms with E-state index in [1.165, 1.54) is 0 Å². The zero-order chi connectivity index (χ0) is 14.3. The van der Waals surface area contributed by atoms with E-state index >= 15 is 0 Å². The molecule has 0 spiro atoms. The lowest BCUT2D eigenvalue weighted by Crippen LogP contribution is -2.41. The minimum absolute atomic E-state index is 0.418. The number of aryl methyl sites for hydroxylation is 2. The maximum absolute atomic E-state index is 9.22. The Morgan fingerprint density at radius 1 is 1.47 bits per heavy atom. The van der Waals surface area contributed by atoms with Gasteiger partial charge in [0.1, 0.15) is 11.3 Å². The summed E-state index contributed by atoms with van der Waals surface area (Å²) in [6.45, 7) is 8.83. The molecular formula is C14H23N3OS. The molecule has 0 aliphatic rings. The summed E-state index contributed by atoms with van der Waals surface area (Å²) in [6.07, 6.45) is 2.85. The first-order chi connectivity index (χ1) is 9.00. The Hall–Kier alpha value is -0.990. The third kappa shape index (κ3) is 5.25. The molecule has 0 aromatic carbocycles. The molecule has 0 aliphatic heterocycles. The first-order valence-electron chi connectivity index (χ1n) is 6.74. The van der Waals surface area contributed by atoms with Crippen LogP contribution in [0.15, 0.2) is 9.64 Å². The van der Waals surface area contributed by atoms with Gasteiger partial charge in [0.2, 0.25) is 0 Å². The van der Waals surface area contributed by atoms with Crippen LogP contribution < -0.4 is 5.32 Å². The lowest BCUT2D eigenvalue weighted by atomic mass is 9.98. The van der Waals surface area contributed by atoms with E-state index in [2.05, 4.69) is 23.3 Å². The Balaban J connectivity index is 2.31. The van der Waals surface area contributed by atoms with E-state index in [-0.39, 0.29) is 0 Å². The minimum Gasteiger partial charge on any atom is -0.437 e. The summed E-state index contributed by atoms with van der Waals surface area (Å²) in [4.78, 5) is 4.33. The first kappa shape index (κ1) is 16.1. The molecule has 0 saturated carbocycles. The number of nitriles is 1. The van der Waals surface area contributed by atoms with E-state index in [9.17, 15) is 5.26 Å². The lowest BCUT2D eigenvalue weighted by Gasteiger charge is -2.22. The number of oxazole rings is 1. The smallest absolute Gasteiger partial charge is 0.256 e. The van der Waals surface area contributed by atoms with E-state index in [0.717, 1.165) is 48.2 Å². The van der Waals surface area contributed by atoms with Crippen molar-refractivity contribution in [2.45, 2.75) is 57.7 Å². The van der Waals surface area contributed by atoms with Crippen molar-refractivity contribution >= 4 is 11.8 Å². The molecule has 0 saturated heterocycles. The monoisotopic (exact) mass is 281 g/mol. The molecular weight excluding hydrogens is 258 g/mol. The van der Waals surface area contributed by atoms with Crippen LogP contribution in [-0.2, 0) is 0 Å². The molecule has 1 atom stereocenters. The number of thioether (sulfide) groups is 1. The normalized spacial score (nSPS) is 14.1. The Bertz CT molecular complexity index is 419. The molecule has 0 bridgehead atoms. The number of aromatic nitrogens is 1. The highest BCUT2D eigenvalue weighted by atomic mass is 32.2. The third-order valence-electron chi connectivity index (χ3n) is 3.07. The van der Waals surface area contributed by atoms with Crippen molar-refractivity contribution in [1.29, 1.82) is 5.26 Å². The largest absolute Gasteiger partial charge is 0.437 e. The molecule has 1 N–H and O–H groups in total. The van der Waals surface area contributed by atoms with E-state index in [1.807, 2.05) is 20.8 Å². The molecule has 1 aromatic heterocycles. The van der Waals surface area contributed by atoms with Crippen LogP contribution in [-0.4, -0.2) is 22.8 Å². The van der Waals surface area contributed by atoms with Crippen LogP contribution in [0.2, 0.25) is 0 Å². The van der Waals surface area contributed by atoms with Gasteiger partial charge in [-0.3, -0.25) is 5.32 Å². The zero-order valence-electron chi connectivity index (χ0n) is 12.2. The van der Waals surface area contributed by atoms with Gasteiger partial charge in [-0.05, 0) is 46.6 Å². The van der Waals surface area contributed by atoms with E-state index in [1.54, 1.807) is 11.8 Å². The Labute approximate surface area is 120 Å². The highest BCUT2D eigenvalue weighted by Gasteiger charge is 2.21. The Morgan fingerprint density at radius 2 is 2.21 bits per heavy atom. The van der Waals surface area contributed by atoms with Gasteiger partial charge in [0.05, 0.1) is 11.8 Å². The van der Waals surface area contributed by atoms with Gasteiger partial charge in [-0.15, -0.1) is 0 Å².